The number of carbonyl (C=O) groups excluding carboxylic acids is 1. The number of anilines is 1. The summed E-state index contributed by atoms with van der Waals surface area (Å²) in [4.78, 5) is 15.9. The van der Waals surface area contributed by atoms with Crippen LogP contribution in [0.15, 0.2) is 57.7 Å². The lowest BCUT2D eigenvalue weighted by Crippen LogP contribution is -2.30. The smallest absolute Gasteiger partial charge is 0.274 e. The molecule has 3 aromatic rings. The van der Waals surface area contributed by atoms with E-state index in [2.05, 4.69) is 10.3 Å². The first kappa shape index (κ1) is 18.6. The van der Waals surface area contributed by atoms with Gasteiger partial charge in [-0.2, -0.15) is 11.3 Å². The zero-order valence-electron chi connectivity index (χ0n) is 14.0. The molecule has 3 heterocycles. The third-order valence-electron chi connectivity index (χ3n) is 3.53. The predicted octanol–water partition coefficient (Wildman–Crippen LogP) is 3.24. The molecular formula is C17H17N3O3S3. The monoisotopic (exact) mass is 407 g/mol. The van der Waals surface area contributed by atoms with Gasteiger partial charge in [-0.15, -0.1) is 11.3 Å². The van der Waals surface area contributed by atoms with Crippen molar-refractivity contribution in [2.45, 2.75) is 24.2 Å². The van der Waals surface area contributed by atoms with Gasteiger partial charge in [-0.05, 0) is 46.7 Å². The maximum absolute atomic E-state index is 13.2. The van der Waals surface area contributed by atoms with Crippen molar-refractivity contribution >= 4 is 44.3 Å². The number of nitrogens with zero attached hydrogens (tertiary/aromatic N) is 2. The Morgan fingerprint density at radius 1 is 1.27 bits per heavy atom. The molecule has 3 rings (SSSR count). The highest BCUT2D eigenvalue weighted by atomic mass is 32.2. The van der Waals surface area contributed by atoms with E-state index in [1.807, 2.05) is 16.8 Å². The number of sulfonamides is 1. The van der Waals surface area contributed by atoms with Crippen LogP contribution in [0.3, 0.4) is 0 Å². The lowest BCUT2D eigenvalue weighted by molar-refractivity contribution is -0.119. The van der Waals surface area contributed by atoms with Gasteiger partial charge in [0.15, 0.2) is 0 Å². The van der Waals surface area contributed by atoms with Crippen molar-refractivity contribution in [3.05, 3.63) is 63.9 Å². The Bertz CT molecular complexity index is 967. The van der Waals surface area contributed by atoms with Crippen LogP contribution in [0.5, 0.6) is 0 Å². The number of amides is 1. The summed E-state index contributed by atoms with van der Waals surface area (Å²) in [6, 6.07) is 8.64. The Balaban J connectivity index is 1.93. The number of aromatic nitrogens is 1. The summed E-state index contributed by atoms with van der Waals surface area (Å²) in [5, 5.41) is 6.52. The van der Waals surface area contributed by atoms with E-state index < -0.39 is 10.0 Å². The summed E-state index contributed by atoms with van der Waals surface area (Å²) >= 11 is 2.68. The highest BCUT2D eigenvalue weighted by molar-refractivity contribution is 7.94. The summed E-state index contributed by atoms with van der Waals surface area (Å²) in [6.45, 7) is 1.97. The van der Waals surface area contributed by atoms with Crippen LogP contribution < -0.4 is 9.62 Å². The summed E-state index contributed by atoms with van der Waals surface area (Å²) in [6.07, 6.45) is 3.14. The molecule has 0 aliphatic heterocycles. The summed E-state index contributed by atoms with van der Waals surface area (Å²) in [5.74, 6) is -0.155. The van der Waals surface area contributed by atoms with E-state index in [1.165, 1.54) is 28.8 Å². The van der Waals surface area contributed by atoms with Gasteiger partial charge in [0.25, 0.3) is 10.0 Å². The molecular weight excluding hydrogens is 390 g/mol. The summed E-state index contributed by atoms with van der Waals surface area (Å²) in [7, 11) is -3.74. The molecule has 3 aromatic heterocycles. The SMILES string of the molecule is CC(=O)NCc1ccc(S(=O)(=O)N(Cc2ccsc2)c2cccnc2)s1. The van der Waals surface area contributed by atoms with Crippen molar-refractivity contribution in [2.75, 3.05) is 4.31 Å². The first-order valence-corrected chi connectivity index (χ1v) is 10.9. The topological polar surface area (TPSA) is 79.4 Å². The van der Waals surface area contributed by atoms with Crippen LogP contribution in [0, 0.1) is 0 Å². The van der Waals surface area contributed by atoms with Crippen molar-refractivity contribution < 1.29 is 13.2 Å². The molecule has 136 valence electrons. The zero-order chi connectivity index (χ0) is 18.6. The molecule has 0 atom stereocenters. The fourth-order valence-electron chi connectivity index (χ4n) is 2.28. The lowest BCUT2D eigenvalue weighted by atomic mass is 10.3. The highest BCUT2D eigenvalue weighted by Gasteiger charge is 2.27. The zero-order valence-corrected chi connectivity index (χ0v) is 16.4. The number of carbonyl (C=O) groups is 1. The van der Waals surface area contributed by atoms with Crippen molar-refractivity contribution in [3.63, 3.8) is 0 Å². The van der Waals surface area contributed by atoms with E-state index in [0.29, 0.717) is 12.2 Å². The molecule has 0 aliphatic carbocycles. The molecule has 0 fully saturated rings. The third kappa shape index (κ3) is 4.29. The third-order valence-corrected chi connectivity index (χ3v) is 7.59. The molecule has 6 nitrogen and oxygen atoms in total. The average Bonchev–Trinajstić information content (AvgIpc) is 3.30. The van der Waals surface area contributed by atoms with E-state index in [0.717, 1.165) is 21.8 Å². The van der Waals surface area contributed by atoms with Gasteiger partial charge in [0.2, 0.25) is 5.91 Å². The molecule has 0 bridgehead atoms. The van der Waals surface area contributed by atoms with Crippen LogP contribution in [-0.4, -0.2) is 19.3 Å². The normalized spacial score (nSPS) is 11.3. The first-order chi connectivity index (χ1) is 12.5. The van der Waals surface area contributed by atoms with Gasteiger partial charge in [0, 0.05) is 18.0 Å². The first-order valence-electron chi connectivity index (χ1n) is 7.74. The van der Waals surface area contributed by atoms with Crippen LogP contribution in [0.2, 0.25) is 0 Å². The van der Waals surface area contributed by atoms with E-state index in [4.69, 9.17) is 0 Å². The molecule has 0 radical (unpaired) electrons. The maximum Gasteiger partial charge on any atom is 0.274 e. The molecule has 1 amide bonds. The molecule has 0 saturated carbocycles. The molecule has 1 N–H and O–H groups in total. The van der Waals surface area contributed by atoms with Gasteiger partial charge in [-0.3, -0.25) is 14.1 Å². The fourth-order valence-corrected chi connectivity index (χ4v) is 5.79. The van der Waals surface area contributed by atoms with Gasteiger partial charge >= 0.3 is 0 Å². The second-order valence-electron chi connectivity index (χ2n) is 5.48. The maximum atomic E-state index is 13.2. The van der Waals surface area contributed by atoms with E-state index in [-0.39, 0.29) is 16.7 Å². The molecule has 0 aromatic carbocycles. The van der Waals surface area contributed by atoms with Gasteiger partial charge in [0.05, 0.1) is 25.0 Å². The second kappa shape index (κ2) is 7.98. The quantitative estimate of drug-likeness (QED) is 0.652. The number of rotatable bonds is 7. The standard InChI is InChI=1S/C17H17N3O3S3/c1-13(21)19-10-16-4-5-17(25-16)26(22,23)20(11-14-6-8-24-12-14)15-3-2-7-18-9-15/h2-9,12H,10-11H2,1H3,(H,19,21). The van der Waals surface area contributed by atoms with Gasteiger partial charge in [0.1, 0.15) is 4.21 Å². The van der Waals surface area contributed by atoms with Crippen molar-refractivity contribution in [3.8, 4) is 0 Å². The summed E-state index contributed by atoms with van der Waals surface area (Å²) < 4.78 is 28.1. The van der Waals surface area contributed by atoms with Crippen LogP contribution in [-0.2, 0) is 27.9 Å². The summed E-state index contributed by atoms with van der Waals surface area (Å²) in [5.41, 5.74) is 1.42. The number of pyridine rings is 1. The highest BCUT2D eigenvalue weighted by Crippen LogP contribution is 2.30. The number of thiophene rings is 2. The number of hydrogen-bond acceptors (Lipinski definition) is 6. The van der Waals surface area contributed by atoms with Crippen LogP contribution in [0.25, 0.3) is 0 Å². The van der Waals surface area contributed by atoms with Crippen LogP contribution >= 0.6 is 22.7 Å². The molecule has 26 heavy (non-hydrogen) atoms. The number of hydrogen-bond donors (Lipinski definition) is 1. The minimum atomic E-state index is -3.74. The Morgan fingerprint density at radius 2 is 2.12 bits per heavy atom. The molecule has 0 aliphatic rings. The van der Waals surface area contributed by atoms with Crippen LogP contribution in [0.4, 0.5) is 5.69 Å². The molecule has 0 unspecified atom stereocenters. The van der Waals surface area contributed by atoms with Crippen molar-refractivity contribution in [1.82, 2.24) is 10.3 Å². The largest absolute Gasteiger partial charge is 0.351 e. The average molecular weight is 408 g/mol. The lowest BCUT2D eigenvalue weighted by Gasteiger charge is -2.23. The predicted molar refractivity (Wildman–Crippen MR) is 104 cm³/mol. The van der Waals surface area contributed by atoms with Gasteiger partial charge in [-0.25, -0.2) is 8.42 Å². The van der Waals surface area contributed by atoms with Gasteiger partial charge in [-0.1, -0.05) is 0 Å². The van der Waals surface area contributed by atoms with Gasteiger partial charge < -0.3 is 5.32 Å². The fraction of sp³-hybridized carbons (Fsp3) is 0.176. The molecule has 9 heteroatoms. The Labute approximate surface area is 160 Å². The molecule has 0 spiro atoms. The Hall–Kier alpha value is -2.23. The number of nitrogens with one attached hydrogen (secondary N) is 1. The second-order valence-corrected chi connectivity index (χ2v) is 9.52. The van der Waals surface area contributed by atoms with E-state index in [1.54, 1.807) is 30.5 Å². The van der Waals surface area contributed by atoms with Crippen LogP contribution in [0.1, 0.15) is 17.4 Å². The van der Waals surface area contributed by atoms with Crippen molar-refractivity contribution in [2.24, 2.45) is 0 Å². The minimum absolute atomic E-state index is 0.155. The Morgan fingerprint density at radius 3 is 2.77 bits per heavy atom. The van der Waals surface area contributed by atoms with E-state index >= 15 is 0 Å². The Kier molecular flexibility index (Phi) is 5.70. The van der Waals surface area contributed by atoms with E-state index in [9.17, 15) is 13.2 Å². The molecule has 0 saturated heterocycles. The minimum Gasteiger partial charge on any atom is -0.351 e. The van der Waals surface area contributed by atoms with Crippen molar-refractivity contribution in [1.29, 1.82) is 0 Å².